The lowest BCUT2D eigenvalue weighted by Crippen LogP contribution is -2.07. The summed E-state index contributed by atoms with van der Waals surface area (Å²) in [7, 11) is 1.64. The molecule has 1 unspecified atom stereocenters. The van der Waals surface area contributed by atoms with Gasteiger partial charge in [0.25, 0.3) is 0 Å². The van der Waals surface area contributed by atoms with E-state index in [4.69, 9.17) is 4.74 Å². The lowest BCUT2D eigenvalue weighted by Gasteiger charge is -2.01. The molecule has 0 aliphatic carbocycles. The van der Waals surface area contributed by atoms with E-state index in [1.807, 2.05) is 19.1 Å². The van der Waals surface area contributed by atoms with E-state index in [1.54, 1.807) is 25.7 Å². The highest BCUT2D eigenvalue weighted by Gasteiger charge is 1.91. The van der Waals surface area contributed by atoms with Crippen LogP contribution in [0.2, 0.25) is 0 Å². The molecule has 0 saturated carbocycles. The van der Waals surface area contributed by atoms with Crippen molar-refractivity contribution in [1.82, 2.24) is 4.98 Å². The largest absolute Gasteiger partial charge is 0.376 e. The van der Waals surface area contributed by atoms with Crippen LogP contribution in [0.15, 0.2) is 29.6 Å². The van der Waals surface area contributed by atoms with Crippen LogP contribution >= 0.6 is 0 Å². The summed E-state index contributed by atoms with van der Waals surface area (Å²) in [5.41, 5.74) is 3.70. The zero-order chi connectivity index (χ0) is 9.52. The molecule has 1 rings (SSSR count). The van der Waals surface area contributed by atoms with Gasteiger partial charge in [-0.05, 0) is 19.1 Å². The Morgan fingerprint density at radius 2 is 2.54 bits per heavy atom. The van der Waals surface area contributed by atoms with Crippen molar-refractivity contribution in [1.29, 1.82) is 0 Å². The third-order valence-electron chi connectivity index (χ3n) is 1.51. The minimum absolute atomic E-state index is 0.0178. The summed E-state index contributed by atoms with van der Waals surface area (Å²) in [5, 5.41) is 3.97. The molecule has 4 nitrogen and oxygen atoms in total. The molecule has 1 heterocycles. The fourth-order valence-corrected chi connectivity index (χ4v) is 0.707. The number of pyridine rings is 1. The molecule has 13 heavy (non-hydrogen) atoms. The molecule has 0 aromatic carbocycles. The van der Waals surface area contributed by atoms with Crippen LogP contribution in [0.3, 0.4) is 0 Å². The fourth-order valence-electron chi connectivity index (χ4n) is 0.707. The van der Waals surface area contributed by atoms with Gasteiger partial charge in [-0.3, -0.25) is 10.4 Å². The highest BCUT2D eigenvalue weighted by Crippen LogP contribution is 2.01. The Balaban J connectivity index is 2.39. The summed E-state index contributed by atoms with van der Waals surface area (Å²) in [6.45, 7) is 1.91. The number of hydrogen-bond acceptors (Lipinski definition) is 4. The highest BCUT2D eigenvalue weighted by atomic mass is 16.5. The van der Waals surface area contributed by atoms with Crippen molar-refractivity contribution in [3.63, 3.8) is 0 Å². The van der Waals surface area contributed by atoms with Crippen molar-refractivity contribution in [3.05, 3.63) is 24.5 Å². The summed E-state index contributed by atoms with van der Waals surface area (Å²) in [5.74, 6) is 0. The maximum atomic E-state index is 4.98. The number of ether oxygens (including phenoxy) is 1. The van der Waals surface area contributed by atoms with Gasteiger partial charge < -0.3 is 4.74 Å². The monoisotopic (exact) mass is 179 g/mol. The van der Waals surface area contributed by atoms with Crippen LogP contribution in [0.4, 0.5) is 5.69 Å². The highest BCUT2D eigenvalue weighted by molar-refractivity contribution is 5.63. The summed E-state index contributed by atoms with van der Waals surface area (Å²) in [6.07, 6.45) is 5.12. The van der Waals surface area contributed by atoms with Crippen molar-refractivity contribution in [2.75, 3.05) is 12.5 Å². The second kappa shape index (κ2) is 5.27. The van der Waals surface area contributed by atoms with Crippen LogP contribution in [0.5, 0.6) is 0 Å². The number of hydrazone groups is 1. The molecular formula is C9H13N3O. The molecule has 1 N–H and O–H groups in total. The summed E-state index contributed by atoms with van der Waals surface area (Å²) < 4.78 is 4.98. The molecule has 0 aliphatic rings. The number of rotatable bonds is 4. The predicted molar refractivity (Wildman–Crippen MR) is 52.8 cm³/mol. The molecule has 0 aliphatic heterocycles. The molecule has 4 heteroatoms. The molecule has 1 aromatic heterocycles. The standard InChI is InChI=1S/C9H13N3O/c1-8(13-2)6-11-12-9-4-3-5-10-7-9/h3-8,12H,1-2H3/b11-6+. The lowest BCUT2D eigenvalue weighted by atomic mass is 10.4. The summed E-state index contributed by atoms with van der Waals surface area (Å²) in [4.78, 5) is 3.93. The molecule has 0 spiro atoms. The normalized spacial score (nSPS) is 13.1. The van der Waals surface area contributed by atoms with E-state index in [0.29, 0.717) is 0 Å². The average molecular weight is 179 g/mol. The third-order valence-corrected chi connectivity index (χ3v) is 1.51. The molecular weight excluding hydrogens is 166 g/mol. The van der Waals surface area contributed by atoms with E-state index in [2.05, 4.69) is 15.5 Å². The minimum Gasteiger partial charge on any atom is -0.376 e. The second-order valence-electron chi connectivity index (χ2n) is 2.57. The van der Waals surface area contributed by atoms with Crippen molar-refractivity contribution >= 4 is 11.9 Å². The van der Waals surface area contributed by atoms with Gasteiger partial charge in [-0.2, -0.15) is 5.10 Å². The second-order valence-corrected chi connectivity index (χ2v) is 2.57. The van der Waals surface area contributed by atoms with Crippen LogP contribution in [0.25, 0.3) is 0 Å². The van der Waals surface area contributed by atoms with Crippen molar-refractivity contribution < 1.29 is 4.74 Å². The number of nitrogens with one attached hydrogen (secondary N) is 1. The topological polar surface area (TPSA) is 46.5 Å². The molecule has 0 bridgehead atoms. The Kier molecular flexibility index (Phi) is 3.92. The van der Waals surface area contributed by atoms with Gasteiger partial charge in [-0.25, -0.2) is 0 Å². The zero-order valence-electron chi connectivity index (χ0n) is 7.77. The van der Waals surface area contributed by atoms with Gasteiger partial charge in [0.2, 0.25) is 0 Å². The minimum atomic E-state index is 0.0178. The molecule has 0 fully saturated rings. The van der Waals surface area contributed by atoms with Crippen LogP contribution in [0.1, 0.15) is 6.92 Å². The molecule has 1 aromatic rings. The Bertz CT molecular complexity index is 261. The Labute approximate surface area is 77.6 Å². The van der Waals surface area contributed by atoms with E-state index in [-0.39, 0.29) is 6.10 Å². The van der Waals surface area contributed by atoms with Gasteiger partial charge in [-0.1, -0.05) is 0 Å². The molecule has 0 amide bonds. The maximum absolute atomic E-state index is 4.98. The third kappa shape index (κ3) is 3.66. The van der Waals surface area contributed by atoms with Crippen molar-refractivity contribution in [3.8, 4) is 0 Å². The lowest BCUT2D eigenvalue weighted by molar-refractivity contribution is 0.174. The van der Waals surface area contributed by atoms with E-state index in [1.165, 1.54) is 0 Å². The first-order valence-electron chi connectivity index (χ1n) is 4.05. The van der Waals surface area contributed by atoms with Gasteiger partial charge in [0, 0.05) is 13.3 Å². The smallest absolute Gasteiger partial charge is 0.0911 e. The van der Waals surface area contributed by atoms with E-state index in [9.17, 15) is 0 Å². The first-order valence-corrected chi connectivity index (χ1v) is 4.05. The first-order chi connectivity index (χ1) is 6.33. The number of nitrogens with zero attached hydrogens (tertiary/aromatic N) is 2. The average Bonchev–Trinajstić information content (AvgIpc) is 2.19. The van der Waals surface area contributed by atoms with Gasteiger partial charge in [-0.15, -0.1) is 0 Å². The van der Waals surface area contributed by atoms with Gasteiger partial charge in [0.05, 0.1) is 24.2 Å². The van der Waals surface area contributed by atoms with Crippen molar-refractivity contribution in [2.24, 2.45) is 5.10 Å². The van der Waals surface area contributed by atoms with E-state index >= 15 is 0 Å². The fraction of sp³-hybridized carbons (Fsp3) is 0.333. The molecule has 0 saturated heterocycles. The predicted octanol–water partition coefficient (Wildman–Crippen LogP) is 1.51. The molecule has 70 valence electrons. The van der Waals surface area contributed by atoms with E-state index < -0.39 is 0 Å². The van der Waals surface area contributed by atoms with Crippen molar-refractivity contribution in [2.45, 2.75) is 13.0 Å². The Hall–Kier alpha value is -1.42. The molecule has 0 radical (unpaired) electrons. The maximum Gasteiger partial charge on any atom is 0.0911 e. The number of aromatic nitrogens is 1. The zero-order valence-corrected chi connectivity index (χ0v) is 7.77. The number of anilines is 1. The van der Waals surface area contributed by atoms with Crippen LogP contribution in [0, 0.1) is 0 Å². The van der Waals surface area contributed by atoms with Crippen LogP contribution in [-0.4, -0.2) is 24.4 Å². The van der Waals surface area contributed by atoms with Gasteiger partial charge in [0.1, 0.15) is 0 Å². The summed E-state index contributed by atoms with van der Waals surface area (Å²) >= 11 is 0. The Morgan fingerprint density at radius 1 is 1.69 bits per heavy atom. The summed E-state index contributed by atoms with van der Waals surface area (Å²) in [6, 6.07) is 3.74. The van der Waals surface area contributed by atoms with E-state index in [0.717, 1.165) is 5.69 Å². The van der Waals surface area contributed by atoms with Crippen LogP contribution < -0.4 is 5.43 Å². The quantitative estimate of drug-likeness (QED) is 0.563. The van der Waals surface area contributed by atoms with Gasteiger partial charge in [0.15, 0.2) is 0 Å². The number of hydrogen-bond donors (Lipinski definition) is 1. The van der Waals surface area contributed by atoms with Crippen LogP contribution in [-0.2, 0) is 4.74 Å². The Morgan fingerprint density at radius 3 is 3.15 bits per heavy atom. The molecule has 1 atom stereocenters. The SMILES string of the molecule is COC(C)/C=N/Nc1cccnc1. The number of methoxy groups -OCH3 is 1. The van der Waals surface area contributed by atoms with Gasteiger partial charge >= 0.3 is 0 Å². The first kappa shape index (κ1) is 9.67.